The van der Waals surface area contributed by atoms with Crippen LogP contribution in [0.3, 0.4) is 0 Å². The number of hydrogen-bond acceptors (Lipinski definition) is 5. The lowest BCUT2D eigenvalue weighted by Crippen LogP contribution is -2.40. The molecule has 0 radical (unpaired) electrons. The summed E-state index contributed by atoms with van der Waals surface area (Å²) in [6, 6.07) is 10.7. The van der Waals surface area contributed by atoms with Gasteiger partial charge in [0, 0.05) is 18.4 Å². The number of aryl methyl sites for hydroxylation is 2. The minimum Gasteiger partial charge on any atom is -0.383 e. The summed E-state index contributed by atoms with van der Waals surface area (Å²) < 4.78 is 1.55. The van der Waals surface area contributed by atoms with Gasteiger partial charge >= 0.3 is 0 Å². The first-order valence-corrected chi connectivity index (χ1v) is 9.64. The second-order valence-corrected chi connectivity index (χ2v) is 7.40. The van der Waals surface area contributed by atoms with E-state index >= 15 is 0 Å². The van der Waals surface area contributed by atoms with Crippen molar-refractivity contribution in [2.75, 3.05) is 12.3 Å². The van der Waals surface area contributed by atoms with Crippen LogP contribution in [0.5, 0.6) is 0 Å². The van der Waals surface area contributed by atoms with Gasteiger partial charge in [0.25, 0.3) is 5.91 Å². The number of benzene rings is 1. The molecule has 29 heavy (non-hydrogen) atoms. The van der Waals surface area contributed by atoms with Gasteiger partial charge in [-0.05, 0) is 51.0 Å². The molecule has 0 spiro atoms. The zero-order valence-electron chi connectivity index (χ0n) is 16.5. The van der Waals surface area contributed by atoms with Crippen LogP contribution in [0.1, 0.15) is 44.8 Å². The van der Waals surface area contributed by atoms with E-state index in [0.717, 1.165) is 23.4 Å². The van der Waals surface area contributed by atoms with E-state index in [0.29, 0.717) is 24.1 Å². The summed E-state index contributed by atoms with van der Waals surface area (Å²) in [6.45, 7) is 4.40. The number of hydrogen-bond donors (Lipinski definition) is 1. The van der Waals surface area contributed by atoms with Crippen molar-refractivity contribution < 1.29 is 9.59 Å². The fourth-order valence-corrected chi connectivity index (χ4v) is 3.66. The first-order chi connectivity index (χ1) is 14.0. The third-order valence-electron chi connectivity index (χ3n) is 5.33. The number of likely N-dealkylation sites (tertiary alicyclic amines) is 1. The lowest BCUT2D eigenvalue weighted by molar-refractivity contribution is 0.0671. The highest BCUT2D eigenvalue weighted by Crippen LogP contribution is 2.26. The maximum absolute atomic E-state index is 13.2. The number of aromatic nitrogens is 3. The zero-order valence-corrected chi connectivity index (χ0v) is 16.5. The Hall–Kier alpha value is -3.48. The summed E-state index contributed by atoms with van der Waals surface area (Å²) in [7, 11) is 0. The number of rotatable bonds is 4. The molecular formula is C22H23N5O2. The van der Waals surface area contributed by atoms with Crippen LogP contribution in [0, 0.1) is 13.8 Å². The second-order valence-electron chi connectivity index (χ2n) is 7.40. The van der Waals surface area contributed by atoms with E-state index in [-0.39, 0.29) is 17.5 Å². The van der Waals surface area contributed by atoms with Crippen LogP contribution in [0.25, 0.3) is 5.69 Å². The van der Waals surface area contributed by atoms with Gasteiger partial charge in [-0.25, -0.2) is 4.68 Å². The van der Waals surface area contributed by atoms with Crippen molar-refractivity contribution in [1.82, 2.24) is 19.7 Å². The van der Waals surface area contributed by atoms with Gasteiger partial charge in [0.1, 0.15) is 5.82 Å². The molecule has 7 nitrogen and oxygen atoms in total. The molecule has 0 saturated carbocycles. The quantitative estimate of drug-likeness (QED) is 0.693. The van der Waals surface area contributed by atoms with Gasteiger partial charge in [0.05, 0.1) is 29.1 Å². The van der Waals surface area contributed by atoms with E-state index in [9.17, 15) is 9.59 Å². The van der Waals surface area contributed by atoms with E-state index in [1.165, 1.54) is 6.20 Å². The molecular weight excluding hydrogens is 366 g/mol. The predicted molar refractivity (Wildman–Crippen MR) is 110 cm³/mol. The number of ketones is 1. The fourth-order valence-electron chi connectivity index (χ4n) is 3.66. The highest BCUT2D eigenvalue weighted by molar-refractivity contribution is 6.07. The van der Waals surface area contributed by atoms with Gasteiger partial charge in [-0.2, -0.15) is 5.10 Å². The van der Waals surface area contributed by atoms with Gasteiger partial charge in [0.15, 0.2) is 5.78 Å². The third kappa shape index (κ3) is 3.51. The normalized spacial score (nSPS) is 16.2. The minimum absolute atomic E-state index is 0.174. The Morgan fingerprint density at radius 1 is 1.07 bits per heavy atom. The lowest BCUT2D eigenvalue weighted by atomic mass is 10.0. The van der Waals surface area contributed by atoms with Crippen molar-refractivity contribution in [3.8, 4) is 5.69 Å². The van der Waals surface area contributed by atoms with Crippen LogP contribution >= 0.6 is 0 Å². The van der Waals surface area contributed by atoms with E-state index < -0.39 is 6.04 Å². The number of nitrogen functional groups attached to an aromatic ring is 1. The summed E-state index contributed by atoms with van der Waals surface area (Å²) in [6.07, 6.45) is 4.43. The first kappa shape index (κ1) is 18.9. The van der Waals surface area contributed by atoms with Crippen molar-refractivity contribution in [3.63, 3.8) is 0 Å². The van der Waals surface area contributed by atoms with E-state index in [4.69, 9.17) is 5.73 Å². The van der Waals surface area contributed by atoms with Gasteiger partial charge in [-0.3, -0.25) is 14.6 Å². The molecule has 1 amide bonds. The second kappa shape index (κ2) is 7.50. The van der Waals surface area contributed by atoms with Crippen LogP contribution in [0.4, 0.5) is 5.82 Å². The highest BCUT2D eigenvalue weighted by atomic mass is 16.2. The van der Waals surface area contributed by atoms with Crippen LogP contribution < -0.4 is 5.73 Å². The van der Waals surface area contributed by atoms with Crippen molar-refractivity contribution in [3.05, 3.63) is 71.2 Å². The molecule has 1 aliphatic rings. The SMILES string of the molecule is Cc1ccc(-n2ncc(C(=O)[C@@H]3CCCN3C(=O)c3ccc(C)nc3)c2N)cc1. The molecule has 148 valence electrons. The number of pyridine rings is 1. The summed E-state index contributed by atoms with van der Waals surface area (Å²) in [5, 5.41) is 4.30. The molecule has 1 aromatic carbocycles. The molecule has 4 rings (SSSR count). The number of carbonyl (C=O) groups excluding carboxylic acids is 2. The average Bonchev–Trinajstić information content (AvgIpc) is 3.35. The maximum atomic E-state index is 13.2. The molecule has 1 atom stereocenters. The molecule has 1 fully saturated rings. The van der Waals surface area contributed by atoms with Gasteiger partial charge in [0.2, 0.25) is 0 Å². The maximum Gasteiger partial charge on any atom is 0.256 e. The molecule has 1 aliphatic heterocycles. The smallest absolute Gasteiger partial charge is 0.256 e. The largest absolute Gasteiger partial charge is 0.383 e. The minimum atomic E-state index is -0.540. The van der Waals surface area contributed by atoms with E-state index in [2.05, 4.69) is 10.1 Å². The standard InChI is InChI=1S/C22H23N5O2/c1-14-5-9-17(10-6-14)27-21(23)18(13-25-27)20(28)19-4-3-11-26(19)22(29)16-8-7-15(2)24-12-16/h5-10,12-13,19H,3-4,11,23H2,1-2H3/t19-/m0/s1. The molecule has 3 aromatic rings. The Labute approximate surface area is 169 Å². The number of anilines is 1. The lowest BCUT2D eigenvalue weighted by Gasteiger charge is -2.23. The number of amides is 1. The van der Waals surface area contributed by atoms with Crippen LogP contribution in [0.2, 0.25) is 0 Å². The number of Topliss-reactive ketones (excluding diaryl/α,β-unsaturated/α-hetero) is 1. The molecule has 2 N–H and O–H groups in total. The van der Waals surface area contributed by atoms with Crippen LogP contribution in [-0.4, -0.2) is 43.9 Å². The summed E-state index contributed by atoms with van der Waals surface area (Å²) in [5.74, 6) is -0.0696. The predicted octanol–water partition coefficient (Wildman–Crippen LogP) is 2.95. The van der Waals surface area contributed by atoms with Crippen molar-refractivity contribution in [2.24, 2.45) is 0 Å². The molecule has 2 aromatic heterocycles. The molecule has 0 bridgehead atoms. The van der Waals surface area contributed by atoms with Crippen LogP contribution in [-0.2, 0) is 0 Å². The monoisotopic (exact) mass is 389 g/mol. The Bertz CT molecular complexity index is 1050. The number of nitrogens with zero attached hydrogens (tertiary/aromatic N) is 4. The molecule has 0 unspecified atom stereocenters. The molecule has 3 heterocycles. The molecule has 1 saturated heterocycles. The van der Waals surface area contributed by atoms with Crippen molar-refractivity contribution in [1.29, 1.82) is 0 Å². The Balaban J connectivity index is 1.59. The number of nitrogens with two attached hydrogens (primary N) is 1. The highest BCUT2D eigenvalue weighted by Gasteiger charge is 2.36. The van der Waals surface area contributed by atoms with Gasteiger partial charge in [-0.15, -0.1) is 0 Å². The van der Waals surface area contributed by atoms with Crippen molar-refractivity contribution >= 4 is 17.5 Å². The summed E-state index contributed by atoms with van der Waals surface area (Å²) >= 11 is 0. The summed E-state index contributed by atoms with van der Waals surface area (Å²) in [5.41, 5.74) is 9.84. The zero-order chi connectivity index (χ0) is 20.5. The van der Waals surface area contributed by atoms with E-state index in [1.807, 2.05) is 38.1 Å². The van der Waals surface area contributed by atoms with Gasteiger partial charge in [-0.1, -0.05) is 17.7 Å². The van der Waals surface area contributed by atoms with Crippen molar-refractivity contribution in [2.45, 2.75) is 32.7 Å². The summed E-state index contributed by atoms with van der Waals surface area (Å²) in [4.78, 5) is 32.0. The average molecular weight is 389 g/mol. The third-order valence-corrected chi connectivity index (χ3v) is 5.33. The van der Waals surface area contributed by atoms with E-state index in [1.54, 1.807) is 27.9 Å². The molecule has 7 heteroatoms. The Kier molecular flexibility index (Phi) is 4.88. The fraction of sp³-hybridized carbons (Fsp3) is 0.273. The first-order valence-electron chi connectivity index (χ1n) is 9.64. The Morgan fingerprint density at radius 2 is 1.83 bits per heavy atom. The molecule has 0 aliphatic carbocycles. The number of carbonyl (C=O) groups is 2. The Morgan fingerprint density at radius 3 is 2.52 bits per heavy atom. The van der Waals surface area contributed by atoms with Gasteiger partial charge < -0.3 is 10.6 Å². The topological polar surface area (TPSA) is 94.1 Å². The van der Waals surface area contributed by atoms with Crippen LogP contribution in [0.15, 0.2) is 48.8 Å².